The van der Waals surface area contributed by atoms with Crippen LogP contribution < -0.4 is 0 Å². The molecule has 1 aliphatic heterocycles. The van der Waals surface area contributed by atoms with Crippen LogP contribution in [0.15, 0.2) is 24.1 Å². The number of carbonyl (C=O) groups excluding carboxylic acids is 1. The Kier molecular flexibility index (Phi) is 4.28. The molecule has 0 radical (unpaired) electrons. The number of H-pyrrole nitrogens is 1. The Labute approximate surface area is 147 Å². The quantitative estimate of drug-likeness (QED) is 0.745. The van der Waals surface area contributed by atoms with Gasteiger partial charge in [0.25, 0.3) is 5.91 Å². The van der Waals surface area contributed by atoms with E-state index in [1.165, 1.54) is 17.9 Å². The molecule has 10 heteroatoms. The van der Waals surface area contributed by atoms with Crippen molar-refractivity contribution >= 4 is 17.4 Å². The van der Waals surface area contributed by atoms with Gasteiger partial charge in [0.15, 0.2) is 0 Å². The van der Waals surface area contributed by atoms with Crippen molar-refractivity contribution in [3.05, 3.63) is 35.5 Å². The summed E-state index contributed by atoms with van der Waals surface area (Å²) in [6, 6.07) is 0. The zero-order valence-electron chi connectivity index (χ0n) is 13.6. The number of nitrogens with zero attached hydrogens (tertiary/aromatic N) is 6. The molecule has 1 atom stereocenters. The molecule has 4 rings (SSSR count). The Morgan fingerprint density at radius 1 is 1.52 bits per heavy atom. The lowest BCUT2D eigenvalue weighted by Crippen LogP contribution is -2.47. The molecule has 1 saturated heterocycles. The Bertz CT molecular complexity index is 857. The summed E-state index contributed by atoms with van der Waals surface area (Å²) in [6.45, 7) is 3.93. The molecule has 3 aromatic heterocycles. The minimum absolute atomic E-state index is 0.0734. The number of ether oxygens (including phenoxy) is 1. The topological polar surface area (TPSA) is 102 Å². The van der Waals surface area contributed by atoms with Crippen LogP contribution in [0.25, 0.3) is 11.3 Å². The van der Waals surface area contributed by atoms with Gasteiger partial charge in [-0.3, -0.25) is 4.79 Å². The van der Waals surface area contributed by atoms with Crippen molar-refractivity contribution in [1.29, 1.82) is 0 Å². The van der Waals surface area contributed by atoms with Gasteiger partial charge < -0.3 is 14.6 Å². The summed E-state index contributed by atoms with van der Waals surface area (Å²) in [6.07, 6.45) is 5.04. The number of amides is 1. The normalized spacial score (nSPS) is 17.8. The first-order chi connectivity index (χ1) is 12.2. The van der Waals surface area contributed by atoms with E-state index in [0.717, 1.165) is 17.0 Å². The Morgan fingerprint density at radius 2 is 2.44 bits per heavy atom. The highest BCUT2D eigenvalue weighted by atomic mass is 32.1. The van der Waals surface area contributed by atoms with Crippen molar-refractivity contribution < 1.29 is 9.53 Å². The van der Waals surface area contributed by atoms with Crippen LogP contribution in [0, 0.1) is 6.92 Å². The van der Waals surface area contributed by atoms with E-state index in [9.17, 15) is 4.79 Å². The van der Waals surface area contributed by atoms with Crippen molar-refractivity contribution in [3.8, 4) is 11.3 Å². The number of hydrogen-bond acceptors (Lipinski definition) is 7. The largest absolute Gasteiger partial charge is 0.373 e. The van der Waals surface area contributed by atoms with Crippen LogP contribution in [0.2, 0.25) is 0 Å². The SMILES string of the molecule is Cc1[nH]cnc1C(=O)N1CCOC(Cn2cc(-c3cnsc3)nn2)C1. The zero-order valence-corrected chi connectivity index (χ0v) is 14.4. The third kappa shape index (κ3) is 3.30. The molecule has 0 saturated carbocycles. The third-order valence-electron chi connectivity index (χ3n) is 4.12. The molecule has 1 amide bonds. The smallest absolute Gasteiger partial charge is 0.274 e. The highest BCUT2D eigenvalue weighted by Crippen LogP contribution is 2.18. The number of morpholine rings is 1. The summed E-state index contributed by atoms with van der Waals surface area (Å²) in [7, 11) is 0. The molecule has 1 aliphatic rings. The van der Waals surface area contributed by atoms with Gasteiger partial charge >= 0.3 is 0 Å². The summed E-state index contributed by atoms with van der Waals surface area (Å²) >= 11 is 1.38. The molecule has 0 aromatic carbocycles. The lowest BCUT2D eigenvalue weighted by molar-refractivity contribution is -0.0303. The number of aromatic amines is 1. The minimum Gasteiger partial charge on any atom is -0.373 e. The van der Waals surface area contributed by atoms with E-state index in [-0.39, 0.29) is 12.0 Å². The fourth-order valence-corrected chi connectivity index (χ4v) is 3.33. The van der Waals surface area contributed by atoms with Gasteiger partial charge in [-0.2, -0.15) is 0 Å². The predicted molar refractivity (Wildman–Crippen MR) is 90.1 cm³/mol. The second-order valence-electron chi connectivity index (χ2n) is 5.86. The Hall–Kier alpha value is -2.59. The molecule has 1 unspecified atom stereocenters. The standard InChI is InChI=1S/C15H17N7O2S/c1-10-14(17-9-16-10)15(23)21-2-3-24-12(5-21)6-22-7-13(19-20-22)11-4-18-25-8-11/h4,7-9,12H,2-3,5-6H2,1H3,(H,16,17). The summed E-state index contributed by atoms with van der Waals surface area (Å²) in [5, 5.41) is 10.2. The molecule has 1 N–H and O–H groups in total. The lowest BCUT2D eigenvalue weighted by Gasteiger charge is -2.32. The van der Waals surface area contributed by atoms with Gasteiger partial charge in [-0.05, 0) is 18.5 Å². The monoisotopic (exact) mass is 359 g/mol. The molecule has 0 bridgehead atoms. The van der Waals surface area contributed by atoms with E-state index in [4.69, 9.17) is 4.74 Å². The van der Waals surface area contributed by atoms with Crippen LogP contribution in [-0.4, -0.2) is 65.9 Å². The average molecular weight is 359 g/mol. The number of carbonyl (C=O) groups is 1. The van der Waals surface area contributed by atoms with Crippen LogP contribution in [-0.2, 0) is 11.3 Å². The van der Waals surface area contributed by atoms with Crippen molar-refractivity contribution in [3.63, 3.8) is 0 Å². The summed E-state index contributed by atoms with van der Waals surface area (Å²) in [4.78, 5) is 21.4. The van der Waals surface area contributed by atoms with Crippen molar-refractivity contribution in [2.75, 3.05) is 19.7 Å². The molecule has 9 nitrogen and oxygen atoms in total. The van der Waals surface area contributed by atoms with Crippen molar-refractivity contribution in [2.24, 2.45) is 0 Å². The predicted octanol–water partition coefficient (Wildman–Crippen LogP) is 0.974. The van der Waals surface area contributed by atoms with Gasteiger partial charge in [-0.1, -0.05) is 5.21 Å². The van der Waals surface area contributed by atoms with Crippen LogP contribution in [0.3, 0.4) is 0 Å². The number of imidazole rings is 1. The van der Waals surface area contributed by atoms with Gasteiger partial charge in [0.2, 0.25) is 0 Å². The lowest BCUT2D eigenvalue weighted by atomic mass is 10.2. The van der Waals surface area contributed by atoms with Crippen LogP contribution >= 0.6 is 11.5 Å². The van der Waals surface area contributed by atoms with E-state index in [0.29, 0.717) is 31.9 Å². The molecular formula is C15H17N7O2S. The highest BCUT2D eigenvalue weighted by Gasteiger charge is 2.27. The molecule has 25 heavy (non-hydrogen) atoms. The first-order valence-corrected chi connectivity index (χ1v) is 8.75. The summed E-state index contributed by atoms with van der Waals surface area (Å²) in [5.74, 6) is -0.0734. The van der Waals surface area contributed by atoms with Gasteiger partial charge in [0.05, 0.1) is 38.0 Å². The number of aromatic nitrogens is 6. The number of rotatable bonds is 4. The summed E-state index contributed by atoms with van der Waals surface area (Å²) < 4.78 is 11.6. The second-order valence-corrected chi connectivity index (χ2v) is 6.52. The van der Waals surface area contributed by atoms with Gasteiger partial charge in [0.1, 0.15) is 11.4 Å². The molecule has 1 fully saturated rings. The molecule has 0 spiro atoms. The maximum absolute atomic E-state index is 12.6. The van der Waals surface area contributed by atoms with E-state index < -0.39 is 0 Å². The van der Waals surface area contributed by atoms with E-state index in [2.05, 4.69) is 24.7 Å². The van der Waals surface area contributed by atoms with Crippen LogP contribution in [0.4, 0.5) is 0 Å². The minimum atomic E-state index is -0.132. The van der Waals surface area contributed by atoms with Crippen LogP contribution in [0.1, 0.15) is 16.2 Å². The average Bonchev–Trinajstić information content (AvgIpc) is 3.35. The van der Waals surface area contributed by atoms with Crippen LogP contribution in [0.5, 0.6) is 0 Å². The number of aryl methyl sites for hydroxylation is 1. The molecule has 0 aliphatic carbocycles. The third-order valence-corrected chi connectivity index (χ3v) is 4.70. The first-order valence-electron chi connectivity index (χ1n) is 7.91. The maximum atomic E-state index is 12.6. The maximum Gasteiger partial charge on any atom is 0.274 e. The molecular weight excluding hydrogens is 342 g/mol. The van der Waals surface area contributed by atoms with Crippen molar-refractivity contribution in [2.45, 2.75) is 19.6 Å². The number of nitrogens with one attached hydrogen (secondary N) is 1. The Balaban J connectivity index is 1.42. The second kappa shape index (κ2) is 6.73. The Morgan fingerprint density at radius 3 is 3.20 bits per heavy atom. The van der Waals surface area contributed by atoms with Gasteiger partial charge in [-0.15, -0.1) is 5.10 Å². The van der Waals surface area contributed by atoms with E-state index >= 15 is 0 Å². The summed E-state index contributed by atoms with van der Waals surface area (Å²) in [5.41, 5.74) is 2.98. The van der Waals surface area contributed by atoms with Crippen molar-refractivity contribution in [1.82, 2.24) is 34.2 Å². The molecule has 130 valence electrons. The molecule has 4 heterocycles. The zero-order chi connectivity index (χ0) is 17.2. The fraction of sp³-hybridized carbons (Fsp3) is 0.400. The highest BCUT2D eigenvalue weighted by molar-refractivity contribution is 7.03. The number of hydrogen-bond donors (Lipinski definition) is 1. The van der Waals surface area contributed by atoms with E-state index in [1.54, 1.807) is 15.8 Å². The van der Waals surface area contributed by atoms with Gasteiger partial charge in [0, 0.05) is 29.7 Å². The van der Waals surface area contributed by atoms with E-state index in [1.807, 2.05) is 18.5 Å². The fourth-order valence-electron chi connectivity index (χ4n) is 2.80. The molecule has 3 aromatic rings. The first kappa shape index (κ1) is 15.9. The van der Waals surface area contributed by atoms with Gasteiger partial charge in [-0.25, -0.2) is 14.0 Å².